The van der Waals surface area contributed by atoms with Gasteiger partial charge in [-0.25, -0.2) is 24.4 Å². The van der Waals surface area contributed by atoms with Crippen LogP contribution in [0.15, 0.2) is 97.2 Å². The van der Waals surface area contributed by atoms with Gasteiger partial charge in [0.1, 0.15) is 43.0 Å². The van der Waals surface area contributed by atoms with Crippen LogP contribution in [-0.4, -0.2) is 170 Å². The number of benzene rings is 4. The number of nitrogens with two attached hydrogens (primary N) is 1. The summed E-state index contributed by atoms with van der Waals surface area (Å²) < 4.78 is 43.9. The Kier molecular flexibility index (Phi) is 17.9. The van der Waals surface area contributed by atoms with Gasteiger partial charge in [-0.3, -0.25) is 14.8 Å². The highest BCUT2D eigenvalue weighted by atomic mass is 32.1. The second kappa shape index (κ2) is 25.4. The van der Waals surface area contributed by atoms with E-state index in [4.69, 9.17) is 49.0 Å². The van der Waals surface area contributed by atoms with E-state index in [0.717, 1.165) is 59.8 Å². The van der Waals surface area contributed by atoms with Gasteiger partial charge >= 0.3 is 18.0 Å². The lowest BCUT2D eigenvalue weighted by Gasteiger charge is -2.69. The van der Waals surface area contributed by atoms with Gasteiger partial charge in [0.05, 0.1) is 54.1 Å². The molecule has 4 heterocycles. The number of anilines is 1. The van der Waals surface area contributed by atoms with Crippen molar-refractivity contribution in [3.05, 3.63) is 120 Å². The highest BCUT2D eigenvalue weighted by Crippen LogP contribution is 2.72. The number of methoxy groups -OCH3 is 1. The fourth-order valence-electron chi connectivity index (χ4n) is 14.7. The van der Waals surface area contributed by atoms with Crippen molar-refractivity contribution >= 4 is 61.4 Å². The first-order chi connectivity index (χ1) is 42.2. The molecule has 3 aromatic heterocycles. The Hall–Kier alpha value is -7.65. The number of hydrogen-bond acceptors (Lipinski definition) is 19. The van der Waals surface area contributed by atoms with Gasteiger partial charge in [0, 0.05) is 72.9 Å². The molecule has 0 spiro atoms. The van der Waals surface area contributed by atoms with Crippen molar-refractivity contribution in [1.29, 1.82) is 0 Å². The zero-order valence-electron chi connectivity index (χ0n) is 49.4. The van der Waals surface area contributed by atoms with Crippen LogP contribution in [0.1, 0.15) is 84.5 Å². The number of amides is 2. The lowest BCUT2D eigenvalue weighted by Crippen LogP contribution is -2.64. The van der Waals surface area contributed by atoms with Crippen LogP contribution in [0.25, 0.3) is 43.4 Å². The maximum absolute atomic E-state index is 14.1. The third-order valence-corrected chi connectivity index (χ3v) is 18.3. The molecule has 8 N–H and O–H groups in total. The van der Waals surface area contributed by atoms with Crippen LogP contribution in [0.3, 0.4) is 0 Å². The molecule has 23 nitrogen and oxygen atoms in total. The summed E-state index contributed by atoms with van der Waals surface area (Å²) in [4.78, 5) is 63.7. The molecule has 1 saturated heterocycles. The number of para-hydroxylation sites is 1. The predicted molar refractivity (Wildman–Crippen MR) is 323 cm³/mol. The Morgan fingerprint density at radius 2 is 1.60 bits per heavy atom. The summed E-state index contributed by atoms with van der Waals surface area (Å²) in [5, 5.41) is 61.9. The smallest absolute Gasteiger partial charge is 0.410 e. The van der Waals surface area contributed by atoms with Gasteiger partial charge in [-0.05, 0) is 121 Å². The number of nitrogens with one attached hydrogen (secondary N) is 1. The van der Waals surface area contributed by atoms with Crippen LogP contribution >= 0.6 is 11.3 Å². The van der Waals surface area contributed by atoms with E-state index in [9.17, 15) is 44.7 Å². The number of hydrogen-bond donors (Lipinski definition) is 7. The van der Waals surface area contributed by atoms with Crippen molar-refractivity contribution in [3.63, 3.8) is 0 Å². The second-order valence-electron chi connectivity index (χ2n) is 24.5. The van der Waals surface area contributed by atoms with E-state index in [1.54, 1.807) is 36.5 Å². The molecule has 88 heavy (non-hydrogen) atoms. The number of aliphatic hydroxyl groups excluding tert-OH is 3. The van der Waals surface area contributed by atoms with E-state index < -0.39 is 54.3 Å². The summed E-state index contributed by atoms with van der Waals surface area (Å²) in [7, 11) is 1.53. The normalized spacial score (nSPS) is 25.4. The van der Waals surface area contributed by atoms with Crippen molar-refractivity contribution in [3.8, 4) is 33.9 Å². The number of carbonyl (C=O) groups is 4. The van der Waals surface area contributed by atoms with Crippen LogP contribution in [0.4, 0.5) is 9.93 Å². The molecule has 2 amide bonds. The fourth-order valence-corrected chi connectivity index (χ4v) is 15.6. The van der Waals surface area contributed by atoms with E-state index in [1.165, 1.54) is 29.4 Å². The minimum absolute atomic E-state index is 0.0216. The molecule has 12 rings (SSSR count). The maximum atomic E-state index is 14.1. The Morgan fingerprint density at radius 3 is 2.35 bits per heavy atom. The third-order valence-electron chi connectivity index (χ3n) is 17.4. The largest absolute Gasteiger partial charge is 0.491 e. The maximum Gasteiger partial charge on any atom is 0.410 e. The van der Waals surface area contributed by atoms with Crippen LogP contribution in [-0.2, 0) is 41.6 Å². The average Bonchev–Trinajstić information content (AvgIpc) is 0.869. The standard InChI is InChI=1S/C64H73N7O16S/c1-37-45(42-16-17-46(67-50(42)56(76)77)39-13-12-38-8-7-9-43(44(38)26-39)55(75)69-59-68-47-10-5-6-11-49(47)88-59)28-66-71(37)36-63-31-61(2)30-62(3,32-63)34-64(33-61,35-63)85-23-20-70(19-22-81-4)60(80)84-29-40-14-15-41(83-25-24-82-21-18-65)27-48(40)86-58-53(74)51(72)52(73)54(87-58)57(78)79/h5-17,26-28,51-54,58,72-74H,18-25,29-36,65H2,1-4H3,(H,76,77)(H,78,79)(H,68,69,75)/t51-,52-,53+,54-,58+,61?,62?,63?,64?/m0/s1. The number of pyridine rings is 1. The number of carboxylic acid groups (broad SMARTS) is 2. The van der Waals surface area contributed by atoms with Crippen molar-refractivity contribution in [2.45, 2.75) is 109 Å². The zero-order chi connectivity index (χ0) is 62.1. The predicted octanol–water partition coefficient (Wildman–Crippen LogP) is 7.68. The van der Waals surface area contributed by atoms with E-state index >= 15 is 0 Å². The van der Waals surface area contributed by atoms with Gasteiger partial charge in [-0.15, -0.1) is 0 Å². The highest BCUT2D eigenvalue weighted by Gasteiger charge is 2.66. The molecule has 5 fully saturated rings. The van der Waals surface area contributed by atoms with Crippen LogP contribution in [0, 0.1) is 23.2 Å². The van der Waals surface area contributed by atoms with E-state index in [-0.39, 0.29) is 91.0 Å². The number of thiazole rings is 1. The molecular formula is C64H73N7O16S. The molecule has 0 radical (unpaired) electrons. The van der Waals surface area contributed by atoms with Crippen LogP contribution < -0.4 is 20.5 Å². The van der Waals surface area contributed by atoms with E-state index in [2.05, 4.69) is 24.1 Å². The number of nitrogens with zero attached hydrogens (tertiary/aromatic N) is 5. The van der Waals surface area contributed by atoms with E-state index in [0.29, 0.717) is 58.2 Å². The molecule has 4 bridgehead atoms. The molecule has 466 valence electrons. The summed E-state index contributed by atoms with van der Waals surface area (Å²) in [6.45, 7) is 8.60. The van der Waals surface area contributed by atoms with Crippen LogP contribution in [0.5, 0.6) is 11.5 Å². The lowest BCUT2D eigenvalue weighted by molar-refractivity contribution is -0.271. The molecule has 7 atom stereocenters. The molecule has 24 heteroatoms. The molecular weight excluding hydrogens is 1150 g/mol. The zero-order valence-corrected chi connectivity index (χ0v) is 50.2. The molecule has 5 aliphatic rings. The molecule has 1 aliphatic heterocycles. The first-order valence-electron chi connectivity index (χ1n) is 29.3. The molecule has 4 saturated carbocycles. The molecule has 4 aromatic carbocycles. The number of carbonyl (C=O) groups excluding carboxylic acids is 2. The van der Waals surface area contributed by atoms with Gasteiger partial charge in [-0.1, -0.05) is 61.6 Å². The Morgan fingerprint density at radius 1 is 0.818 bits per heavy atom. The number of carboxylic acids is 2. The number of fused-ring (bicyclic) bond motifs is 2. The van der Waals surface area contributed by atoms with Gasteiger partial charge in [-0.2, -0.15) is 5.10 Å². The highest BCUT2D eigenvalue weighted by molar-refractivity contribution is 7.22. The van der Waals surface area contributed by atoms with Crippen molar-refractivity contribution in [1.82, 2.24) is 24.6 Å². The monoisotopic (exact) mass is 1230 g/mol. The number of ether oxygens (including phenoxy) is 7. The van der Waals surface area contributed by atoms with Crippen molar-refractivity contribution < 1.29 is 77.9 Å². The topological polar surface area (TPSA) is 319 Å². The summed E-state index contributed by atoms with van der Waals surface area (Å²) in [5.74, 6) is -2.83. The SMILES string of the molecule is COCCN(CCOC12CC3(C)CC(C)(CC(Cn4ncc(-c5ccc(-c6ccc7cccc(C(=O)Nc8nc9ccccc9s8)c7c6)nc5C(=O)O)c4C)(C3)C1)C2)C(=O)OCc1ccc(OCCOCCN)cc1O[C@@H]1O[C@H](C(=O)O)[C@@H](O)[C@H](O)[C@H]1O. The minimum Gasteiger partial charge on any atom is -0.491 e. The first-order valence-corrected chi connectivity index (χ1v) is 30.2. The van der Waals surface area contributed by atoms with E-state index in [1.807, 2.05) is 66.2 Å². The average molecular weight is 1230 g/mol. The van der Waals surface area contributed by atoms with Gasteiger partial charge in [0.15, 0.2) is 16.9 Å². The minimum atomic E-state index is -1.94. The van der Waals surface area contributed by atoms with Crippen LogP contribution in [0.2, 0.25) is 0 Å². The molecule has 7 aromatic rings. The third kappa shape index (κ3) is 13.1. The lowest BCUT2D eigenvalue weighted by atomic mass is 9.39. The molecule has 4 aliphatic carbocycles. The number of aliphatic hydroxyl groups is 3. The summed E-state index contributed by atoms with van der Waals surface area (Å²) in [6.07, 6.45) is -3.00. The quantitative estimate of drug-likeness (QED) is 0.0270. The Bertz CT molecular complexity index is 3690. The summed E-state index contributed by atoms with van der Waals surface area (Å²) in [6, 6.07) is 27.0. The van der Waals surface area contributed by atoms with Gasteiger partial charge < -0.3 is 69.3 Å². The summed E-state index contributed by atoms with van der Waals surface area (Å²) >= 11 is 1.39. The van der Waals surface area contributed by atoms with Crippen molar-refractivity contribution in [2.24, 2.45) is 22.0 Å². The molecule has 2 unspecified atom stereocenters. The second-order valence-corrected chi connectivity index (χ2v) is 25.5. The Labute approximate surface area is 511 Å². The first kappa shape index (κ1) is 62.0. The van der Waals surface area contributed by atoms with Crippen molar-refractivity contribution in [2.75, 3.05) is 65.1 Å². The number of aliphatic carboxylic acids is 1. The number of aromatic carboxylic acids is 1. The van der Waals surface area contributed by atoms with Gasteiger partial charge in [0.25, 0.3) is 5.91 Å². The van der Waals surface area contributed by atoms with Gasteiger partial charge in [0.2, 0.25) is 6.29 Å². The number of aromatic nitrogens is 4. The number of rotatable bonds is 25. The fraction of sp³-hybridized carbons (Fsp3) is 0.453. The Balaban J connectivity index is 0.773. The summed E-state index contributed by atoms with van der Waals surface area (Å²) in [5.41, 5.74) is 9.04.